The van der Waals surface area contributed by atoms with Gasteiger partial charge in [0, 0.05) is 30.8 Å². The van der Waals surface area contributed by atoms with Gasteiger partial charge in [0.2, 0.25) is 5.91 Å². The number of hydrogen-bond acceptors (Lipinski definition) is 4. The summed E-state index contributed by atoms with van der Waals surface area (Å²) >= 11 is 0. The molecule has 0 aromatic heterocycles. The van der Waals surface area contributed by atoms with Crippen LogP contribution in [-0.4, -0.2) is 17.4 Å². The topological polar surface area (TPSA) is 84.3 Å². The molecule has 0 bridgehead atoms. The van der Waals surface area contributed by atoms with E-state index in [1.165, 1.54) is 24.3 Å². The van der Waals surface area contributed by atoms with Gasteiger partial charge in [-0.15, -0.1) is 0 Å². The first-order valence-corrected chi connectivity index (χ1v) is 8.61. The molecule has 0 aliphatic rings. The first-order valence-electron chi connectivity index (χ1n) is 8.61. The number of benzene rings is 2. The maximum atomic E-state index is 12.8. The number of nitro groups is 1. The third-order valence-electron chi connectivity index (χ3n) is 4.08. The Morgan fingerprint density at radius 3 is 2.46 bits per heavy atom. The zero-order valence-corrected chi connectivity index (χ0v) is 15.1. The fourth-order valence-electron chi connectivity index (χ4n) is 2.56. The van der Waals surface area contributed by atoms with Crippen LogP contribution in [0.15, 0.2) is 48.5 Å². The number of hydrogen-bond donors (Lipinski definition) is 2. The summed E-state index contributed by atoms with van der Waals surface area (Å²) in [6.45, 7) is 2.10. The van der Waals surface area contributed by atoms with Crippen molar-refractivity contribution in [1.29, 1.82) is 0 Å². The van der Waals surface area contributed by atoms with Gasteiger partial charge < -0.3 is 10.6 Å². The van der Waals surface area contributed by atoms with E-state index >= 15 is 0 Å². The van der Waals surface area contributed by atoms with Crippen molar-refractivity contribution in [3.05, 3.63) is 69.8 Å². The molecule has 0 heterocycles. The third kappa shape index (κ3) is 6.26. The summed E-state index contributed by atoms with van der Waals surface area (Å²) in [5, 5.41) is 16.3. The summed E-state index contributed by atoms with van der Waals surface area (Å²) in [5.74, 6) is -0.268. The van der Waals surface area contributed by atoms with Crippen molar-refractivity contribution in [3.8, 4) is 0 Å². The Morgan fingerprint density at radius 1 is 1.18 bits per heavy atom. The minimum absolute atomic E-state index is 0.00601. The molecule has 0 saturated heterocycles. The second kappa shape index (κ2) is 9.20. The molecule has 2 aromatic rings. The molecule has 2 N–H and O–H groups in total. The fourth-order valence-corrected chi connectivity index (χ4v) is 2.56. The van der Waals surface area contributed by atoms with Crippen molar-refractivity contribution in [2.24, 2.45) is 0 Å². The summed E-state index contributed by atoms with van der Waals surface area (Å²) in [4.78, 5) is 22.1. The molecule has 1 atom stereocenters. The highest BCUT2D eigenvalue weighted by Gasteiger charge is 2.30. The Labute approximate surface area is 159 Å². The highest BCUT2D eigenvalue weighted by Crippen LogP contribution is 2.30. The number of nitrogens with one attached hydrogen (secondary N) is 2. The molecule has 0 radical (unpaired) electrons. The molecular weight excluding hydrogens is 375 g/mol. The summed E-state index contributed by atoms with van der Waals surface area (Å²) in [6, 6.07) is 10.2. The van der Waals surface area contributed by atoms with Crippen LogP contribution in [0.3, 0.4) is 0 Å². The molecule has 6 nitrogen and oxygen atoms in total. The third-order valence-corrected chi connectivity index (χ3v) is 4.08. The monoisotopic (exact) mass is 395 g/mol. The molecule has 0 aliphatic carbocycles. The Balaban J connectivity index is 1.77. The predicted molar refractivity (Wildman–Crippen MR) is 98.8 cm³/mol. The van der Waals surface area contributed by atoms with Crippen LogP contribution in [0.2, 0.25) is 0 Å². The van der Waals surface area contributed by atoms with E-state index in [0.29, 0.717) is 24.2 Å². The first kappa shape index (κ1) is 21.2. The first-order chi connectivity index (χ1) is 13.2. The van der Waals surface area contributed by atoms with Crippen molar-refractivity contribution in [1.82, 2.24) is 5.32 Å². The average molecular weight is 395 g/mol. The highest BCUT2D eigenvalue weighted by atomic mass is 19.4. The van der Waals surface area contributed by atoms with E-state index < -0.39 is 22.7 Å². The van der Waals surface area contributed by atoms with Gasteiger partial charge >= 0.3 is 6.18 Å². The maximum absolute atomic E-state index is 12.8. The van der Waals surface area contributed by atoms with Crippen LogP contribution in [0.1, 0.15) is 36.9 Å². The quantitative estimate of drug-likeness (QED) is 0.386. The van der Waals surface area contributed by atoms with E-state index in [9.17, 15) is 28.1 Å². The average Bonchev–Trinajstić information content (AvgIpc) is 2.65. The predicted octanol–water partition coefficient (Wildman–Crippen LogP) is 4.68. The maximum Gasteiger partial charge on any atom is 0.416 e. The summed E-state index contributed by atoms with van der Waals surface area (Å²) in [5.41, 5.74) is 0.322. The van der Waals surface area contributed by atoms with E-state index in [1.54, 1.807) is 19.1 Å². The fraction of sp³-hybridized carbons (Fsp3) is 0.316. The largest absolute Gasteiger partial charge is 0.416 e. The second-order valence-corrected chi connectivity index (χ2v) is 6.25. The van der Waals surface area contributed by atoms with Crippen molar-refractivity contribution in [2.75, 3.05) is 11.9 Å². The van der Waals surface area contributed by atoms with Gasteiger partial charge in [0.1, 0.15) is 0 Å². The van der Waals surface area contributed by atoms with Crippen LogP contribution in [0.4, 0.5) is 24.5 Å². The normalized spacial score (nSPS) is 12.3. The number of halogens is 3. The molecule has 28 heavy (non-hydrogen) atoms. The van der Waals surface area contributed by atoms with Crippen molar-refractivity contribution < 1.29 is 22.9 Å². The van der Waals surface area contributed by atoms with Crippen LogP contribution in [-0.2, 0) is 11.0 Å². The lowest BCUT2D eigenvalue weighted by molar-refractivity contribution is -0.384. The van der Waals surface area contributed by atoms with E-state index in [1.807, 2.05) is 0 Å². The Morgan fingerprint density at radius 2 is 1.86 bits per heavy atom. The summed E-state index contributed by atoms with van der Waals surface area (Å²) in [6.07, 6.45) is -3.73. The van der Waals surface area contributed by atoms with E-state index in [-0.39, 0.29) is 18.0 Å². The lowest BCUT2D eigenvalue weighted by atomic mass is 10.0. The molecule has 2 rings (SSSR count). The van der Waals surface area contributed by atoms with Gasteiger partial charge in [-0.05, 0) is 43.2 Å². The minimum atomic E-state index is -4.43. The lowest BCUT2D eigenvalue weighted by Gasteiger charge is -2.16. The van der Waals surface area contributed by atoms with Gasteiger partial charge in [-0.25, -0.2) is 0 Å². The van der Waals surface area contributed by atoms with Gasteiger partial charge in [0.05, 0.1) is 16.5 Å². The molecule has 2 aromatic carbocycles. The van der Waals surface area contributed by atoms with E-state index in [0.717, 1.165) is 12.1 Å². The SMILES string of the molecule is C[C@H](NC(=O)CCCNc1ccc([N+](=O)[O-])cc1)c1cccc(C(F)(F)F)c1. The molecule has 0 unspecified atom stereocenters. The summed E-state index contributed by atoms with van der Waals surface area (Å²) < 4.78 is 38.3. The summed E-state index contributed by atoms with van der Waals surface area (Å²) in [7, 11) is 0. The molecule has 0 saturated carbocycles. The number of anilines is 1. The number of amides is 1. The van der Waals surface area contributed by atoms with Crippen LogP contribution in [0, 0.1) is 10.1 Å². The van der Waals surface area contributed by atoms with Crippen molar-refractivity contribution in [2.45, 2.75) is 32.0 Å². The Kier molecular flexibility index (Phi) is 6.97. The second-order valence-electron chi connectivity index (χ2n) is 6.25. The smallest absolute Gasteiger partial charge is 0.385 e. The molecule has 1 amide bonds. The number of nitro benzene ring substituents is 1. The van der Waals surface area contributed by atoms with Crippen LogP contribution < -0.4 is 10.6 Å². The molecule has 9 heteroatoms. The van der Waals surface area contributed by atoms with E-state index in [2.05, 4.69) is 10.6 Å². The molecule has 0 spiro atoms. The zero-order valence-electron chi connectivity index (χ0n) is 15.1. The van der Waals surface area contributed by atoms with Crippen LogP contribution in [0.5, 0.6) is 0 Å². The number of carbonyl (C=O) groups excluding carboxylic acids is 1. The highest BCUT2D eigenvalue weighted by molar-refractivity contribution is 5.76. The van der Waals surface area contributed by atoms with Gasteiger partial charge in [-0.3, -0.25) is 14.9 Å². The lowest BCUT2D eigenvalue weighted by Crippen LogP contribution is -2.27. The number of non-ortho nitro benzene ring substituents is 1. The minimum Gasteiger partial charge on any atom is -0.385 e. The molecule has 0 aliphatic heterocycles. The Bertz CT molecular complexity index is 823. The number of rotatable bonds is 8. The van der Waals surface area contributed by atoms with Crippen LogP contribution >= 0.6 is 0 Å². The van der Waals surface area contributed by atoms with Crippen LogP contribution in [0.25, 0.3) is 0 Å². The number of alkyl halides is 3. The molecular formula is C19H20F3N3O3. The number of nitrogens with zero attached hydrogens (tertiary/aromatic N) is 1. The van der Waals surface area contributed by atoms with Gasteiger partial charge in [0.25, 0.3) is 5.69 Å². The zero-order chi connectivity index (χ0) is 20.7. The Hall–Kier alpha value is -3.10. The van der Waals surface area contributed by atoms with Gasteiger partial charge in [-0.2, -0.15) is 13.2 Å². The van der Waals surface area contributed by atoms with Gasteiger partial charge in [0.15, 0.2) is 0 Å². The van der Waals surface area contributed by atoms with Crippen molar-refractivity contribution in [3.63, 3.8) is 0 Å². The van der Waals surface area contributed by atoms with Gasteiger partial charge in [-0.1, -0.05) is 12.1 Å². The molecule has 0 fully saturated rings. The number of carbonyl (C=O) groups is 1. The van der Waals surface area contributed by atoms with E-state index in [4.69, 9.17) is 0 Å². The standard InChI is InChI=1S/C19H20F3N3O3/c1-13(14-4-2-5-15(12-14)19(20,21)22)24-18(26)6-3-11-23-16-7-9-17(10-8-16)25(27)28/h2,4-5,7-10,12-13,23H,3,6,11H2,1H3,(H,24,26)/t13-/m0/s1. The van der Waals surface area contributed by atoms with Crippen molar-refractivity contribution >= 4 is 17.3 Å². The molecule has 150 valence electrons.